The number of benzene rings is 3. The van der Waals surface area contributed by atoms with E-state index in [1.54, 1.807) is 36.4 Å². The first-order chi connectivity index (χ1) is 15.9. The maximum atomic E-state index is 12.6. The lowest BCUT2D eigenvalue weighted by Crippen LogP contribution is -2.21. The SMILES string of the molecule is CCN(CC)c1ccc(C(=O)Nc2ccc(-c3nc4ccc([N+](=O)[O-])cc4n3O)cc2)cc1. The fourth-order valence-electron chi connectivity index (χ4n) is 3.67. The number of aromatic nitrogens is 2. The van der Waals surface area contributed by atoms with Gasteiger partial charge in [-0.3, -0.25) is 14.9 Å². The van der Waals surface area contributed by atoms with E-state index < -0.39 is 4.92 Å². The molecular weight excluding hydrogens is 422 g/mol. The van der Waals surface area contributed by atoms with Gasteiger partial charge in [-0.25, -0.2) is 4.98 Å². The largest absolute Gasteiger partial charge is 0.426 e. The number of fused-ring (bicyclic) bond motifs is 1. The first-order valence-corrected chi connectivity index (χ1v) is 10.5. The second-order valence-electron chi connectivity index (χ2n) is 7.43. The Morgan fingerprint density at radius 2 is 1.73 bits per heavy atom. The van der Waals surface area contributed by atoms with Crippen molar-refractivity contribution in [1.82, 2.24) is 9.71 Å². The van der Waals surface area contributed by atoms with Crippen LogP contribution in [0.2, 0.25) is 0 Å². The molecule has 0 fully saturated rings. The lowest BCUT2D eigenvalue weighted by atomic mass is 10.1. The average molecular weight is 445 g/mol. The van der Waals surface area contributed by atoms with E-state index in [2.05, 4.69) is 29.0 Å². The molecule has 0 saturated heterocycles. The van der Waals surface area contributed by atoms with Crippen LogP contribution in [0.25, 0.3) is 22.4 Å². The second kappa shape index (κ2) is 8.99. The van der Waals surface area contributed by atoms with Gasteiger partial charge >= 0.3 is 0 Å². The van der Waals surface area contributed by atoms with Gasteiger partial charge in [0.05, 0.1) is 10.4 Å². The highest BCUT2D eigenvalue weighted by molar-refractivity contribution is 6.04. The summed E-state index contributed by atoms with van der Waals surface area (Å²) in [4.78, 5) is 29.6. The van der Waals surface area contributed by atoms with Gasteiger partial charge in [0.2, 0.25) is 0 Å². The minimum absolute atomic E-state index is 0.132. The molecule has 0 aliphatic heterocycles. The Morgan fingerprint density at radius 1 is 1.06 bits per heavy atom. The average Bonchev–Trinajstić information content (AvgIpc) is 3.16. The molecule has 1 amide bonds. The number of hydrogen-bond donors (Lipinski definition) is 2. The van der Waals surface area contributed by atoms with Gasteiger partial charge in [-0.2, -0.15) is 4.73 Å². The van der Waals surface area contributed by atoms with Gasteiger partial charge in [0, 0.05) is 47.7 Å². The summed E-state index contributed by atoms with van der Waals surface area (Å²) in [5, 5.41) is 24.3. The van der Waals surface area contributed by atoms with E-state index in [0.29, 0.717) is 22.3 Å². The molecule has 168 valence electrons. The molecule has 1 aromatic heterocycles. The number of hydrogen-bond acceptors (Lipinski definition) is 6. The zero-order valence-electron chi connectivity index (χ0n) is 18.2. The van der Waals surface area contributed by atoms with Crippen molar-refractivity contribution in [2.45, 2.75) is 13.8 Å². The van der Waals surface area contributed by atoms with Gasteiger partial charge in [-0.15, -0.1) is 0 Å². The fourth-order valence-corrected chi connectivity index (χ4v) is 3.67. The van der Waals surface area contributed by atoms with E-state index in [1.807, 2.05) is 12.1 Å². The number of carbonyl (C=O) groups excluding carboxylic acids is 1. The molecule has 0 aliphatic carbocycles. The van der Waals surface area contributed by atoms with Crippen LogP contribution in [0.5, 0.6) is 0 Å². The lowest BCUT2D eigenvalue weighted by molar-refractivity contribution is -0.384. The van der Waals surface area contributed by atoms with Crippen LogP contribution in [0.1, 0.15) is 24.2 Å². The number of nitro benzene ring substituents is 1. The number of carbonyl (C=O) groups is 1. The van der Waals surface area contributed by atoms with Crippen molar-refractivity contribution in [3.63, 3.8) is 0 Å². The van der Waals surface area contributed by atoms with E-state index in [-0.39, 0.29) is 22.9 Å². The van der Waals surface area contributed by atoms with Crippen LogP contribution < -0.4 is 10.2 Å². The summed E-state index contributed by atoms with van der Waals surface area (Å²) in [5.74, 6) is 0.0194. The first-order valence-electron chi connectivity index (χ1n) is 10.5. The highest BCUT2D eigenvalue weighted by Crippen LogP contribution is 2.27. The van der Waals surface area contributed by atoms with Gasteiger partial charge in [0.25, 0.3) is 11.6 Å². The van der Waals surface area contributed by atoms with Gasteiger partial charge < -0.3 is 15.4 Å². The highest BCUT2D eigenvalue weighted by Gasteiger charge is 2.16. The molecule has 0 aliphatic rings. The molecule has 3 aromatic carbocycles. The van der Waals surface area contributed by atoms with Crippen LogP contribution in [0.3, 0.4) is 0 Å². The monoisotopic (exact) mass is 445 g/mol. The summed E-state index contributed by atoms with van der Waals surface area (Å²) >= 11 is 0. The lowest BCUT2D eigenvalue weighted by Gasteiger charge is -2.21. The van der Waals surface area contributed by atoms with Gasteiger partial charge in [0.1, 0.15) is 5.52 Å². The number of imidazole rings is 1. The van der Waals surface area contributed by atoms with E-state index in [1.165, 1.54) is 18.2 Å². The minimum Gasteiger partial charge on any atom is -0.426 e. The molecule has 4 rings (SSSR count). The van der Waals surface area contributed by atoms with Gasteiger partial charge in [-0.05, 0) is 68.4 Å². The third-order valence-electron chi connectivity index (χ3n) is 5.48. The molecule has 0 radical (unpaired) electrons. The van der Waals surface area contributed by atoms with Crippen molar-refractivity contribution < 1.29 is 14.9 Å². The van der Waals surface area contributed by atoms with Crippen molar-refractivity contribution in [2.24, 2.45) is 0 Å². The summed E-state index contributed by atoms with van der Waals surface area (Å²) in [6.07, 6.45) is 0. The fraction of sp³-hybridized carbons (Fsp3) is 0.167. The molecule has 0 atom stereocenters. The van der Waals surface area contributed by atoms with E-state index in [4.69, 9.17) is 0 Å². The van der Waals surface area contributed by atoms with E-state index in [9.17, 15) is 20.1 Å². The molecule has 4 aromatic rings. The third-order valence-corrected chi connectivity index (χ3v) is 5.48. The number of anilines is 2. The van der Waals surface area contributed by atoms with Crippen molar-refractivity contribution in [3.8, 4) is 11.4 Å². The van der Waals surface area contributed by atoms with Crippen LogP contribution in [-0.2, 0) is 0 Å². The Morgan fingerprint density at radius 3 is 2.33 bits per heavy atom. The predicted octanol–water partition coefficient (Wildman–Crippen LogP) is 4.95. The van der Waals surface area contributed by atoms with Gasteiger partial charge in [-0.1, -0.05) is 0 Å². The molecule has 0 unspecified atom stereocenters. The second-order valence-corrected chi connectivity index (χ2v) is 7.43. The minimum atomic E-state index is -0.527. The molecule has 2 N–H and O–H groups in total. The number of rotatable bonds is 7. The van der Waals surface area contributed by atoms with Crippen LogP contribution in [0, 0.1) is 10.1 Å². The number of nitrogens with zero attached hydrogens (tertiary/aromatic N) is 4. The number of nitrogens with one attached hydrogen (secondary N) is 1. The highest BCUT2D eigenvalue weighted by atomic mass is 16.6. The summed E-state index contributed by atoms with van der Waals surface area (Å²) in [5.41, 5.74) is 3.35. The molecule has 1 heterocycles. The smallest absolute Gasteiger partial charge is 0.271 e. The first kappa shape index (κ1) is 21.8. The maximum Gasteiger partial charge on any atom is 0.271 e. The summed E-state index contributed by atoms with van der Waals surface area (Å²) in [6, 6.07) is 18.4. The molecule has 0 spiro atoms. The Labute approximate surface area is 190 Å². The van der Waals surface area contributed by atoms with E-state index in [0.717, 1.165) is 23.5 Å². The molecule has 9 heteroatoms. The molecular formula is C24H23N5O4. The van der Waals surface area contributed by atoms with Crippen LogP contribution >= 0.6 is 0 Å². The zero-order chi connectivity index (χ0) is 23.5. The zero-order valence-corrected chi connectivity index (χ0v) is 18.2. The van der Waals surface area contributed by atoms with Crippen LogP contribution in [0.4, 0.5) is 17.1 Å². The quantitative estimate of drug-likeness (QED) is 0.236. The van der Waals surface area contributed by atoms with Crippen LogP contribution in [0.15, 0.2) is 66.7 Å². The summed E-state index contributed by atoms with van der Waals surface area (Å²) < 4.78 is 0.827. The van der Waals surface area contributed by atoms with Crippen molar-refractivity contribution in [2.75, 3.05) is 23.3 Å². The number of amides is 1. The normalized spacial score (nSPS) is 10.8. The maximum absolute atomic E-state index is 12.6. The van der Waals surface area contributed by atoms with Crippen molar-refractivity contribution in [1.29, 1.82) is 0 Å². The number of nitro groups is 1. The summed E-state index contributed by atoms with van der Waals surface area (Å²) in [7, 11) is 0. The standard InChI is InChI=1S/C24H23N5O4/c1-3-27(4-2)19-11-7-17(8-12-19)24(30)25-18-9-5-16(6-10-18)23-26-21-14-13-20(29(32)33)15-22(21)28(23)31/h5-15,31H,3-4H2,1-2H3,(H,25,30). The molecule has 9 nitrogen and oxygen atoms in total. The Bertz CT molecular complexity index is 1310. The van der Waals surface area contributed by atoms with Crippen molar-refractivity contribution >= 4 is 34.0 Å². The molecule has 0 bridgehead atoms. The van der Waals surface area contributed by atoms with Gasteiger partial charge in [0.15, 0.2) is 5.82 Å². The Balaban J connectivity index is 1.51. The Kier molecular flexibility index (Phi) is 5.95. The van der Waals surface area contributed by atoms with Crippen LogP contribution in [-0.4, -0.2) is 38.8 Å². The Hall–Kier alpha value is -4.40. The van der Waals surface area contributed by atoms with E-state index >= 15 is 0 Å². The topological polar surface area (TPSA) is 114 Å². The van der Waals surface area contributed by atoms with Crippen molar-refractivity contribution in [3.05, 3.63) is 82.4 Å². The third kappa shape index (κ3) is 4.33. The molecule has 0 saturated carbocycles. The predicted molar refractivity (Wildman–Crippen MR) is 127 cm³/mol. The molecule has 33 heavy (non-hydrogen) atoms. The number of non-ortho nitro benzene ring substituents is 1. The summed E-state index contributed by atoms with van der Waals surface area (Å²) in [6.45, 7) is 5.97.